The van der Waals surface area contributed by atoms with E-state index in [0.29, 0.717) is 5.92 Å². The van der Waals surface area contributed by atoms with Crippen LogP contribution in [0.4, 0.5) is 5.82 Å². The second kappa shape index (κ2) is 6.02. The molecule has 0 atom stereocenters. The number of aryl methyl sites for hydroxylation is 1. The molecule has 0 radical (unpaired) electrons. The van der Waals surface area contributed by atoms with Crippen LogP contribution in [0.2, 0.25) is 5.02 Å². The Kier molecular flexibility index (Phi) is 4.52. The minimum Gasteiger partial charge on any atom is -0.359 e. The first-order valence-corrected chi connectivity index (χ1v) is 7.56. The second-order valence-electron chi connectivity index (χ2n) is 6.21. The van der Waals surface area contributed by atoms with Crippen LogP contribution in [0.15, 0.2) is 30.3 Å². The molecule has 0 unspecified atom stereocenters. The molecule has 21 heavy (non-hydrogen) atoms. The molecule has 1 N–H and O–H groups in total. The van der Waals surface area contributed by atoms with E-state index in [0.717, 1.165) is 27.7 Å². The van der Waals surface area contributed by atoms with Gasteiger partial charge < -0.3 is 5.32 Å². The zero-order valence-electron chi connectivity index (χ0n) is 13.2. The molecular weight excluding hydrogens is 282 g/mol. The van der Waals surface area contributed by atoms with E-state index in [-0.39, 0.29) is 5.54 Å². The van der Waals surface area contributed by atoms with Crippen molar-refractivity contribution in [2.75, 3.05) is 5.32 Å². The maximum absolute atomic E-state index is 5.95. The molecule has 2 aromatic rings. The number of hydrogen-bond acceptors (Lipinski definition) is 3. The van der Waals surface area contributed by atoms with Crippen molar-refractivity contribution in [2.45, 2.75) is 46.1 Å². The molecule has 1 heterocycles. The van der Waals surface area contributed by atoms with Gasteiger partial charge in [-0.3, -0.25) is 0 Å². The van der Waals surface area contributed by atoms with Crippen LogP contribution in [0.3, 0.4) is 0 Å². The van der Waals surface area contributed by atoms with E-state index >= 15 is 0 Å². The molecule has 3 nitrogen and oxygen atoms in total. The van der Waals surface area contributed by atoms with E-state index in [1.54, 1.807) is 0 Å². The summed E-state index contributed by atoms with van der Waals surface area (Å²) < 4.78 is 0. The molecule has 0 saturated carbocycles. The minimum atomic E-state index is -0.247. The quantitative estimate of drug-likeness (QED) is 0.872. The molecule has 4 heteroatoms. The highest BCUT2D eigenvalue weighted by Gasteiger charge is 2.22. The summed E-state index contributed by atoms with van der Waals surface area (Å²) in [6.07, 6.45) is 0. The number of nitrogens with zero attached hydrogens (tertiary/aromatic N) is 2. The molecule has 1 aromatic heterocycles. The fourth-order valence-electron chi connectivity index (χ4n) is 2.15. The lowest BCUT2D eigenvalue weighted by Crippen LogP contribution is -2.29. The van der Waals surface area contributed by atoms with Crippen LogP contribution in [0.1, 0.15) is 50.4 Å². The SMILES string of the molecule is Cc1cc(C(C)C)nnc1NC(C)(C)c1ccc(Cl)cc1. The van der Waals surface area contributed by atoms with E-state index in [9.17, 15) is 0 Å². The standard InChI is InChI=1S/C17H22ClN3/c1-11(2)15-10-12(3)16(21-20-15)19-17(4,5)13-6-8-14(18)9-7-13/h6-11H,1-5H3,(H,19,21). The molecule has 0 bridgehead atoms. The zero-order valence-corrected chi connectivity index (χ0v) is 14.0. The Balaban J connectivity index is 2.26. The van der Waals surface area contributed by atoms with Gasteiger partial charge in [-0.15, -0.1) is 5.10 Å². The number of halogens is 1. The van der Waals surface area contributed by atoms with E-state index < -0.39 is 0 Å². The number of anilines is 1. The molecule has 0 saturated heterocycles. The smallest absolute Gasteiger partial charge is 0.152 e. The summed E-state index contributed by atoms with van der Waals surface area (Å²) in [6.45, 7) is 10.5. The molecule has 0 aliphatic rings. The van der Waals surface area contributed by atoms with Crippen LogP contribution >= 0.6 is 11.6 Å². The normalized spacial score (nSPS) is 11.8. The second-order valence-corrected chi connectivity index (χ2v) is 6.65. The molecule has 0 aliphatic heterocycles. The molecule has 0 amide bonds. The first kappa shape index (κ1) is 15.8. The summed E-state index contributed by atoms with van der Waals surface area (Å²) in [5, 5.41) is 12.9. The lowest BCUT2D eigenvalue weighted by Gasteiger charge is -2.28. The molecule has 2 rings (SSSR count). The van der Waals surface area contributed by atoms with Gasteiger partial charge in [-0.25, -0.2) is 0 Å². The topological polar surface area (TPSA) is 37.8 Å². The van der Waals surface area contributed by atoms with Crippen LogP contribution in [0, 0.1) is 6.92 Å². The van der Waals surface area contributed by atoms with Gasteiger partial charge in [0.2, 0.25) is 0 Å². The van der Waals surface area contributed by atoms with Crippen molar-refractivity contribution in [1.29, 1.82) is 0 Å². The van der Waals surface area contributed by atoms with Gasteiger partial charge in [0, 0.05) is 5.02 Å². The Bertz CT molecular complexity index is 618. The van der Waals surface area contributed by atoms with Gasteiger partial charge in [0.1, 0.15) is 0 Å². The number of rotatable bonds is 4. The van der Waals surface area contributed by atoms with Crippen molar-refractivity contribution in [3.8, 4) is 0 Å². The molecular formula is C17H22ClN3. The van der Waals surface area contributed by atoms with Gasteiger partial charge in [0.25, 0.3) is 0 Å². The Morgan fingerprint density at radius 1 is 1.10 bits per heavy atom. The summed E-state index contributed by atoms with van der Waals surface area (Å²) in [5.41, 5.74) is 3.03. The fourth-order valence-corrected chi connectivity index (χ4v) is 2.27. The van der Waals surface area contributed by atoms with Gasteiger partial charge in [-0.1, -0.05) is 37.6 Å². The fraction of sp³-hybridized carbons (Fsp3) is 0.412. The summed E-state index contributed by atoms with van der Waals surface area (Å²) in [4.78, 5) is 0. The maximum atomic E-state index is 5.95. The Hall–Kier alpha value is -1.61. The molecule has 112 valence electrons. The number of nitrogens with one attached hydrogen (secondary N) is 1. The maximum Gasteiger partial charge on any atom is 0.152 e. The predicted molar refractivity (Wildman–Crippen MR) is 89.0 cm³/mol. The van der Waals surface area contributed by atoms with Gasteiger partial charge >= 0.3 is 0 Å². The van der Waals surface area contributed by atoms with Crippen LogP contribution < -0.4 is 5.32 Å². The van der Waals surface area contributed by atoms with E-state index in [1.807, 2.05) is 24.3 Å². The molecule has 0 aliphatic carbocycles. The van der Waals surface area contributed by atoms with Crippen molar-refractivity contribution < 1.29 is 0 Å². The van der Waals surface area contributed by atoms with Gasteiger partial charge in [0.15, 0.2) is 5.82 Å². The van der Waals surface area contributed by atoms with Crippen molar-refractivity contribution in [3.63, 3.8) is 0 Å². The van der Waals surface area contributed by atoms with E-state index in [1.165, 1.54) is 0 Å². The van der Waals surface area contributed by atoms with Crippen molar-refractivity contribution in [2.24, 2.45) is 0 Å². The Morgan fingerprint density at radius 3 is 2.24 bits per heavy atom. The van der Waals surface area contributed by atoms with Crippen LogP contribution in [0.25, 0.3) is 0 Å². The van der Waals surface area contributed by atoms with Crippen molar-refractivity contribution in [3.05, 3.63) is 52.2 Å². The van der Waals surface area contributed by atoms with Gasteiger partial charge in [0.05, 0.1) is 11.2 Å². The average Bonchev–Trinajstić information content (AvgIpc) is 2.41. The van der Waals surface area contributed by atoms with E-state index in [2.05, 4.69) is 56.2 Å². The number of hydrogen-bond donors (Lipinski definition) is 1. The predicted octanol–water partition coefficient (Wildman–Crippen LogP) is 4.91. The average molecular weight is 304 g/mol. The van der Waals surface area contributed by atoms with Crippen LogP contribution in [0.5, 0.6) is 0 Å². The third kappa shape index (κ3) is 3.73. The highest BCUT2D eigenvalue weighted by molar-refractivity contribution is 6.30. The molecule has 0 fully saturated rings. The molecule has 1 aromatic carbocycles. The van der Waals surface area contributed by atoms with E-state index in [4.69, 9.17) is 11.6 Å². The van der Waals surface area contributed by atoms with Crippen LogP contribution in [-0.4, -0.2) is 10.2 Å². The Labute approximate surface area is 131 Å². The van der Waals surface area contributed by atoms with Gasteiger partial charge in [-0.05, 0) is 56.0 Å². The number of benzene rings is 1. The summed E-state index contributed by atoms with van der Waals surface area (Å²) in [6, 6.07) is 9.96. The summed E-state index contributed by atoms with van der Waals surface area (Å²) in [7, 11) is 0. The van der Waals surface area contributed by atoms with Crippen molar-refractivity contribution >= 4 is 17.4 Å². The first-order chi connectivity index (χ1) is 9.79. The minimum absolute atomic E-state index is 0.247. The summed E-state index contributed by atoms with van der Waals surface area (Å²) >= 11 is 5.95. The largest absolute Gasteiger partial charge is 0.359 e. The third-order valence-corrected chi connectivity index (χ3v) is 3.84. The highest BCUT2D eigenvalue weighted by Crippen LogP contribution is 2.27. The monoisotopic (exact) mass is 303 g/mol. The lowest BCUT2D eigenvalue weighted by molar-refractivity contribution is 0.602. The van der Waals surface area contributed by atoms with Crippen molar-refractivity contribution in [1.82, 2.24) is 10.2 Å². The Morgan fingerprint density at radius 2 is 1.71 bits per heavy atom. The van der Waals surface area contributed by atoms with Crippen LogP contribution in [-0.2, 0) is 5.54 Å². The molecule has 0 spiro atoms. The lowest BCUT2D eigenvalue weighted by atomic mass is 9.94. The summed E-state index contributed by atoms with van der Waals surface area (Å²) in [5.74, 6) is 1.20. The highest BCUT2D eigenvalue weighted by atomic mass is 35.5. The number of aromatic nitrogens is 2. The first-order valence-electron chi connectivity index (χ1n) is 7.18. The zero-order chi connectivity index (χ0) is 15.6. The third-order valence-electron chi connectivity index (χ3n) is 3.59. The van der Waals surface area contributed by atoms with Gasteiger partial charge in [-0.2, -0.15) is 5.10 Å².